The molecular weight excluding hydrogens is 362 g/mol. The summed E-state index contributed by atoms with van der Waals surface area (Å²) in [6.45, 7) is 1.64. The fraction of sp³-hybridized carbons (Fsp3) is 0.208. The smallest absolute Gasteiger partial charge is 0.189 e. The molecule has 1 aliphatic rings. The Hall–Kier alpha value is -3.47. The molecule has 5 heteroatoms. The molecule has 0 saturated carbocycles. The third kappa shape index (κ3) is 4.88. The van der Waals surface area contributed by atoms with Gasteiger partial charge >= 0.3 is 0 Å². The van der Waals surface area contributed by atoms with E-state index < -0.39 is 0 Å². The molecule has 0 bridgehead atoms. The highest BCUT2D eigenvalue weighted by Gasteiger charge is 2.21. The fourth-order valence-corrected chi connectivity index (χ4v) is 3.40. The van der Waals surface area contributed by atoms with Gasteiger partial charge in [-0.1, -0.05) is 66.7 Å². The highest BCUT2D eigenvalue weighted by Crippen LogP contribution is 2.31. The lowest BCUT2D eigenvalue weighted by atomic mass is 10.0. The van der Waals surface area contributed by atoms with Crippen molar-refractivity contribution in [2.24, 2.45) is 10.7 Å². The van der Waals surface area contributed by atoms with Crippen LogP contribution < -0.4 is 20.5 Å². The third-order valence-electron chi connectivity index (χ3n) is 4.91. The third-order valence-corrected chi connectivity index (χ3v) is 4.91. The summed E-state index contributed by atoms with van der Waals surface area (Å²) >= 11 is 0. The molecule has 3 N–H and O–H groups in total. The van der Waals surface area contributed by atoms with Crippen molar-refractivity contribution in [1.29, 1.82) is 0 Å². The number of nitrogens with two attached hydrogens (primary N) is 1. The minimum Gasteiger partial charge on any atom is -0.493 e. The van der Waals surface area contributed by atoms with Crippen molar-refractivity contribution in [2.75, 3.05) is 6.61 Å². The van der Waals surface area contributed by atoms with Gasteiger partial charge in [0.15, 0.2) is 5.96 Å². The Kier molecular flexibility index (Phi) is 5.95. The lowest BCUT2D eigenvalue weighted by Gasteiger charge is -2.27. The number of aliphatic imine (C=N–C) groups is 1. The summed E-state index contributed by atoms with van der Waals surface area (Å²) < 4.78 is 11.7. The van der Waals surface area contributed by atoms with Gasteiger partial charge in [0.05, 0.1) is 19.2 Å². The second-order valence-electron chi connectivity index (χ2n) is 6.96. The molecule has 1 unspecified atom stereocenters. The van der Waals surface area contributed by atoms with Crippen LogP contribution in [0.2, 0.25) is 0 Å². The molecule has 0 amide bonds. The van der Waals surface area contributed by atoms with E-state index in [-0.39, 0.29) is 6.04 Å². The zero-order valence-corrected chi connectivity index (χ0v) is 16.3. The number of ether oxygens (including phenoxy) is 2. The molecule has 0 spiro atoms. The molecule has 0 aliphatic carbocycles. The maximum atomic E-state index is 6.18. The minimum atomic E-state index is 0.105. The summed E-state index contributed by atoms with van der Waals surface area (Å²) in [7, 11) is 0. The van der Waals surface area contributed by atoms with Crippen molar-refractivity contribution in [2.45, 2.75) is 25.6 Å². The average molecular weight is 387 g/mol. The van der Waals surface area contributed by atoms with Crippen LogP contribution in [0.4, 0.5) is 0 Å². The van der Waals surface area contributed by atoms with Gasteiger partial charge in [0.25, 0.3) is 0 Å². The molecule has 4 rings (SSSR count). The molecule has 3 aromatic carbocycles. The molecule has 5 nitrogen and oxygen atoms in total. The average Bonchev–Trinajstić information content (AvgIpc) is 2.78. The van der Waals surface area contributed by atoms with Crippen LogP contribution in [0.5, 0.6) is 11.5 Å². The van der Waals surface area contributed by atoms with Crippen LogP contribution in [-0.4, -0.2) is 12.6 Å². The minimum absolute atomic E-state index is 0.105. The summed E-state index contributed by atoms with van der Waals surface area (Å²) in [6, 6.07) is 26.2. The number of para-hydroxylation sites is 2. The van der Waals surface area contributed by atoms with E-state index >= 15 is 0 Å². The Labute approximate surface area is 171 Å². The number of nitrogens with zero attached hydrogens (tertiary/aromatic N) is 1. The van der Waals surface area contributed by atoms with E-state index in [0.717, 1.165) is 34.6 Å². The molecule has 1 aliphatic heterocycles. The van der Waals surface area contributed by atoms with E-state index in [1.165, 1.54) is 0 Å². The summed E-state index contributed by atoms with van der Waals surface area (Å²) in [4.78, 5) is 4.54. The Bertz CT molecular complexity index is 973. The van der Waals surface area contributed by atoms with Crippen LogP contribution in [0.15, 0.2) is 83.9 Å². The van der Waals surface area contributed by atoms with E-state index in [9.17, 15) is 0 Å². The number of fused-ring (bicyclic) bond motifs is 1. The first-order chi connectivity index (χ1) is 14.3. The van der Waals surface area contributed by atoms with E-state index in [2.05, 4.69) is 28.5 Å². The monoisotopic (exact) mass is 387 g/mol. The second kappa shape index (κ2) is 9.15. The first-order valence-electron chi connectivity index (χ1n) is 9.82. The molecular formula is C24H25N3O2. The normalized spacial score (nSPS) is 15.9. The van der Waals surface area contributed by atoms with Crippen LogP contribution in [0.3, 0.4) is 0 Å². The number of nitrogens with one attached hydrogen (secondary N) is 1. The highest BCUT2D eigenvalue weighted by molar-refractivity contribution is 5.78. The van der Waals surface area contributed by atoms with Crippen LogP contribution in [0.1, 0.15) is 29.2 Å². The van der Waals surface area contributed by atoms with Crippen molar-refractivity contribution in [3.63, 3.8) is 0 Å². The molecule has 0 fully saturated rings. The lowest BCUT2D eigenvalue weighted by molar-refractivity contribution is 0.262. The lowest BCUT2D eigenvalue weighted by Crippen LogP contribution is -2.37. The molecule has 0 saturated heterocycles. The molecule has 0 radical (unpaired) electrons. The van der Waals surface area contributed by atoms with E-state index in [1.54, 1.807) is 0 Å². The van der Waals surface area contributed by atoms with Gasteiger partial charge in [-0.25, -0.2) is 4.99 Å². The maximum Gasteiger partial charge on any atom is 0.189 e. The second-order valence-corrected chi connectivity index (χ2v) is 6.96. The quantitative estimate of drug-likeness (QED) is 0.491. The van der Waals surface area contributed by atoms with E-state index in [0.29, 0.717) is 25.7 Å². The van der Waals surface area contributed by atoms with Crippen molar-refractivity contribution >= 4 is 5.96 Å². The Morgan fingerprint density at radius 2 is 1.76 bits per heavy atom. The summed E-state index contributed by atoms with van der Waals surface area (Å²) in [5.74, 6) is 2.15. The SMILES string of the molecule is NC(=NCc1ccccc1OCc1ccccc1)NC1CCOc2ccccc21. The topological polar surface area (TPSA) is 68.9 Å². The maximum absolute atomic E-state index is 6.18. The van der Waals surface area contributed by atoms with Gasteiger partial charge in [0, 0.05) is 17.5 Å². The number of hydrogen-bond donors (Lipinski definition) is 2. The van der Waals surface area contributed by atoms with Crippen molar-refractivity contribution in [3.05, 3.63) is 95.6 Å². The van der Waals surface area contributed by atoms with Crippen LogP contribution in [0.25, 0.3) is 0 Å². The number of hydrogen-bond acceptors (Lipinski definition) is 3. The Balaban J connectivity index is 1.40. The largest absolute Gasteiger partial charge is 0.493 e. The van der Waals surface area contributed by atoms with Crippen molar-refractivity contribution in [3.8, 4) is 11.5 Å². The van der Waals surface area contributed by atoms with Gasteiger partial charge in [0.2, 0.25) is 0 Å². The molecule has 0 aromatic heterocycles. The molecule has 3 aromatic rings. The van der Waals surface area contributed by atoms with E-state index in [1.807, 2.05) is 60.7 Å². The Morgan fingerprint density at radius 1 is 1.00 bits per heavy atom. The molecule has 1 heterocycles. The zero-order chi connectivity index (χ0) is 19.9. The predicted octanol–water partition coefficient (Wildman–Crippen LogP) is 4.19. The standard InChI is InChI=1S/C24H25N3O2/c25-24(27-21-14-15-28-23-13-7-5-11-20(21)23)26-16-19-10-4-6-12-22(19)29-17-18-8-2-1-3-9-18/h1-13,21H,14-17H2,(H3,25,26,27). The molecule has 148 valence electrons. The Morgan fingerprint density at radius 3 is 2.66 bits per heavy atom. The molecule has 29 heavy (non-hydrogen) atoms. The van der Waals surface area contributed by atoms with Gasteiger partial charge in [-0.2, -0.15) is 0 Å². The summed E-state index contributed by atoms with van der Waals surface area (Å²) in [5, 5.41) is 3.33. The number of rotatable bonds is 6. The van der Waals surface area contributed by atoms with E-state index in [4.69, 9.17) is 15.2 Å². The van der Waals surface area contributed by atoms with Gasteiger partial charge in [-0.3, -0.25) is 0 Å². The first-order valence-corrected chi connectivity index (χ1v) is 9.82. The van der Waals surface area contributed by atoms with Gasteiger partial charge < -0.3 is 20.5 Å². The number of benzene rings is 3. The summed E-state index contributed by atoms with van der Waals surface area (Å²) in [6.07, 6.45) is 0.851. The van der Waals surface area contributed by atoms with Gasteiger partial charge in [-0.05, 0) is 17.7 Å². The van der Waals surface area contributed by atoms with Crippen molar-refractivity contribution in [1.82, 2.24) is 5.32 Å². The van der Waals surface area contributed by atoms with Gasteiger partial charge in [-0.15, -0.1) is 0 Å². The first kappa shape index (κ1) is 18.9. The van der Waals surface area contributed by atoms with Gasteiger partial charge in [0.1, 0.15) is 18.1 Å². The fourth-order valence-electron chi connectivity index (χ4n) is 3.40. The van der Waals surface area contributed by atoms with Crippen molar-refractivity contribution < 1.29 is 9.47 Å². The van der Waals surface area contributed by atoms with Crippen LogP contribution in [-0.2, 0) is 13.2 Å². The predicted molar refractivity (Wildman–Crippen MR) is 115 cm³/mol. The molecule has 1 atom stereocenters. The summed E-state index contributed by atoms with van der Waals surface area (Å²) in [5.41, 5.74) is 9.43. The zero-order valence-electron chi connectivity index (χ0n) is 16.3. The number of guanidine groups is 1. The van der Waals surface area contributed by atoms with Crippen LogP contribution >= 0.6 is 0 Å². The highest BCUT2D eigenvalue weighted by atomic mass is 16.5. The van der Waals surface area contributed by atoms with Crippen LogP contribution in [0, 0.1) is 0 Å².